The second kappa shape index (κ2) is 15.3. The molecule has 0 radical (unpaired) electrons. The minimum absolute atomic E-state index is 0.00455. The Labute approximate surface area is 318 Å². The Morgan fingerprint density at radius 2 is 1.80 bits per heavy atom. The molecule has 18 nitrogen and oxygen atoms in total. The fraction of sp³-hybridized carbons (Fsp3) is 0.514. The number of imide groups is 1. The molecule has 6 N–H and O–H groups in total. The van der Waals surface area contributed by atoms with Gasteiger partial charge in [-0.2, -0.15) is 5.10 Å². The Morgan fingerprint density at radius 1 is 0.964 bits per heavy atom. The number of hydrazine groups is 1. The minimum Gasteiger partial charge on any atom is -0.364 e. The Bertz CT molecular complexity index is 1990. The Hall–Kier alpha value is -5.62. The molecule has 5 aliphatic rings. The maximum absolute atomic E-state index is 13.2. The number of carbonyl (C=O) groups excluding carboxylic acids is 5. The van der Waals surface area contributed by atoms with Gasteiger partial charge in [-0.1, -0.05) is 12.1 Å². The Kier molecular flexibility index (Phi) is 10.1. The summed E-state index contributed by atoms with van der Waals surface area (Å²) in [7, 11) is 0. The first-order valence-corrected chi connectivity index (χ1v) is 19.2. The number of fused-ring (bicyclic) bond motifs is 1. The van der Waals surface area contributed by atoms with Crippen LogP contribution in [0.2, 0.25) is 0 Å². The van der Waals surface area contributed by atoms with Gasteiger partial charge in [0.1, 0.15) is 11.9 Å². The van der Waals surface area contributed by atoms with E-state index in [1.54, 1.807) is 17.3 Å². The third-order valence-electron chi connectivity index (χ3n) is 11.6. The van der Waals surface area contributed by atoms with Crippen LogP contribution in [0.5, 0.6) is 0 Å². The lowest BCUT2D eigenvalue weighted by Gasteiger charge is -2.37. The normalized spacial score (nSPS) is 22.4. The number of hydrogen-bond acceptors (Lipinski definition) is 12. The van der Waals surface area contributed by atoms with Crippen LogP contribution in [0.3, 0.4) is 0 Å². The van der Waals surface area contributed by atoms with Crippen molar-refractivity contribution >= 4 is 47.0 Å². The van der Waals surface area contributed by atoms with E-state index >= 15 is 0 Å². The maximum atomic E-state index is 13.2. The molecule has 0 bridgehead atoms. The van der Waals surface area contributed by atoms with Gasteiger partial charge in [-0.3, -0.25) is 34.2 Å². The van der Waals surface area contributed by atoms with E-state index in [1.165, 1.54) is 5.01 Å². The van der Waals surface area contributed by atoms with E-state index in [9.17, 15) is 24.0 Å². The molecule has 55 heavy (non-hydrogen) atoms. The van der Waals surface area contributed by atoms with Gasteiger partial charge in [-0.15, -0.1) is 0 Å². The number of benzene rings is 1. The molecule has 2 aromatic heterocycles. The monoisotopic (exact) mass is 753 g/mol. The molecule has 4 fully saturated rings. The molecule has 0 spiro atoms. The summed E-state index contributed by atoms with van der Waals surface area (Å²) in [4.78, 5) is 79.3. The smallest absolute Gasteiger partial charge is 0.334 e. The number of hydrogen-bond donors (Lipinski definition) is 4. The molecule has 6 amide bonds. The van der Waals surface area contributed by atoms with E-state index in [1.807, 2.05) is 27.9 Å². The predicted octanol–water partition coefficient (Wildman–Crippen LogP) is 1.13. The van der Waals surface area contributed by atoms with Crippen molar-refractivity contribution in [3.63, 3.8) is 0 Å². The zero-order chi connectivity index (χ0) is 38.2. The maximum Gasteiger partial charge on any atom is 0.334 e. The van der Waals surface area contributed by atoms with Crippen molar-refractivity contribution in [1.29, 1.82) is 0 Å². The van der Waals surface area contributed by atoms with Gasteiger partial charge in [0.2, 0.25) is 11.8 Å². The highest BCUT2D eigenvalue weighted by Gasteiger charge is 2.40. The number of piperidine rings is 3. The number of nitrogens with one attached hydrogen (secondary N) is 2. The van der Waals surface area contributed by atoms with Crippen LogP contribution < -0.4 is 27.1 Å². The van der Waals surface area contributed by atoms with E-state index in [0.717, 1.165) is 75.8 Å². The molecule has 2 atom stereocenters. The fourth-order valence-corrected chi connectivity index (χ4v) is 8.65. The van der Waals surface area contributed by atoms with Crippen molar-refractivity contribution in [2.75, 3.05) is 56.0 Å². The largest absolute Gasteiger partial charge is 0.364 e. The van der Waals surface area contributed by atoms with Crippen LogP contribution in [0.25, 0.3) is 0 Å². The van der Waals surface area contributed by atoms with E-state index in [-0.39, 0.29) is 47.9 Å². The quantitative estimate of drug-likeness (QED) is 0.123. The number of carbonyl (C=O) groups is 5. The molecule has 8 rings (SSSR count). The molecule has 1 unspecified atom stereocenters. The van der Waals surface area contributed by atoms with Gasteiger partial charge < -0.3 is 30.7 Å². The number of nitrogens with zero attached hydrogens (tertiary/aromatic N) is 9. The van der Waals surface area contributed by atoms with Crippen LogP contribution in [-0.2, 0) is 22.6 Å². The third-order valence-corrected chi connectivity index (χ3v) is 11.6. The minimum atomic E-state index is -0.692. The molecule has 5 aliphatic heterocycles. The summed E-state index contributed by atoms with van der Waals surface area (Å²) in [5.41, 5.74) is 9.15. The van der Waals surface area contributed by atoms with Gasteiger partial charge in [-0.25, -0.2) is 20.6 Å². The van der Waals surface area contributed by atoms with Crippen molar-refractivity contribution in [3.8, 4) is 0 Å². The average Bonchev–Trinajstić information content (AvgIpc) is 3.89. The number of urea groups is 1. The molecule has 4 saturated heterocycles. The zero-order valence-electron chi connectivity index (χ0n) is 30.7. The summed E-state index contributed by atoms with van der Waals surface area (Å²) in [5.74, 6) is 5.14. The molecule has 3 aromatic rings. The van der Waals surface area contributed by atoms with Gasteiger partial charge in [0.15, 0.2) is 11.5 Å². The average molecular weight is 754 g/mol. The lowest BCUT2D eigenvalue weighted by atomic mass is 9.99. The number of amides is 6. The van der Waals surface area contributed by atoms with Crippen molar-refractivity contribution in [2.45, 2.75) is 76.0 Å². The van der Waals surface area contributed by atoms with Crippen LogP contribution >= 0.6 is 0 Å². The summed E-state index contributed by atoms with van der Waals surface area (Å²) in [6.07, 6.45) is 11.1. The van der Waals surface area contributed by atoms with E-state index in [4.69, 9.17) is 16.6 Å². The molecule has 18 heteroatoms. The number of aromatic nitrogens is 4. The van der Waals surface area contributed by atoms with Crippen LogP contribution in [-0.4, -0.2) is 127 Å². The van der Waals surface area contributed by atoms with E-state index < -0.39 is 17.9 Å². The van der Waals surface area contributed by atoms with Gasteiger partial charge in [0.05, 0.1) is 36.7 Å². The molecule has 0 aliphatic carbocycles. The van der Waals surface area contributed by atoms with E-state index in [2.05, 4.69) is 36.6 Å². The van der Waals surface area contributed by atoms with Gasteiger partial charge >= 0.3 is 6.03 Å². The second-order valence-corrected chi connectivity index (χ2v) is 15.1. The molecular formula is C37H47N13O5. The molecule has 1 aromatic carbocycles. The highest BCUT2D eigenvalue weighted by molar-refractivity contribution is 6.05. The van der Waals surface area contributed by atoms with Crippen molar-refractivity contribution in [1.82, 2.24) is 44.8 Å². The van der Waals surface area contributed by atoms with Gasteiger partial charge in [0, 0.05) is 57.4 Å². The van der Waals surface area contributed by atoms with E-state index in [0.29, 0.717) is 49.7 Å². The van der Waals surface area contributed by atoms with Gasteiger partial charge in [0.25, 0.3) is 11.8 Å². The third kappa shape index (κ3) is 7.43. The molecule has 0 saturated carbocycles. The first-order valence-electron chi connectivity index (χ1n) is 19.2. The van der Waals surface area contributed by atoms with Crippen molar-refractivity contribution < 1.29 is 24.0 Å². The SMILES string of the molecule is NC(=O)c1ncc(N2CCC[C@H](N3CCN(N)C3=O)C2)nc1Nc1cnn(C2CCN(CCCc3cccc4c3CN(C3CCC(=O)NC3=O)C4=O)CC2)c1. The number of primary amides is 1. The summed E-state index contributed by atoms with van der Waals surface area (Å²) >= 11 is 0. The lowest BCUT2D eigenvalue weighted by molar-refractivity contribution is -0.136. The Balaban J connectivity index is 0.840. The number of aryl methyl sites for hydroxylation is 1. The zero-order valence-corrected chi connectivity index (χ0v) is 30.7. The number of rotatable bonds is 11. The predicted molar refractivity (Wildman–Crippen MR) is 200 cm³/mol. The van der Waals surface area contributed by atoms with Crippen molar-refractivity contribution in [2.24, 2.45) is 11.6 Å². The van der Waals surface area contributed by atoms with Crippen LogP contribution in [0.4, 0.5) is 22.1 Å². The van der Waals surface area contributed by atoms with Crippen LogP contribution in [0.1, 0.15) is 83.0 Å². The van der Waals surface area contributed by atoms with Crippen LogP contribution in [0, 0.1) is 0 Å². The second-order valence-electron chi connectivity index (χ2n) is 15.1. The summed E-state index contributed by atoms with van der Waals surface area (Å²) in [6.45, 7) is 5.57. The van der Waals surface area contributed by atoms with Crippen molar-refractivity contribution in [3.05, 3.63) is 59.2 Å². The van der Waals surface area contributed by atoms with Gasteiger partial charge in [-0.05, 0) is 68.7 Å². The highest BCUT2D eigenvalue weighted by atomic mass is 16.2. The standard InChI is InChI=1S/C37H47N13O5/c38-33(52)32-34(43-30(19-40-32)46-13-3-6-26(21-46)47-16-17-49(39)37(47)55)42-24-18-41-50(20-24)25-10-14-45(15-11-25)12-2-5-23-4-1-7-27-28(23)22-48(36(27)54)29-8-9-31(51)44-35(29)53/h1,4,7,18-20,25-26,29H,2-3,5-6,8-17,21-22,39H2,(H2,38,52)(H,42,43)(H,44,51,53)/t26-,29?/m0/s1. The number of nitrogens with two attached hydrogens (primary N) is 2. The molecule has 290 valence electrons. The summed E-state index contributed by atoms with van der Waals surface area (Å²) in [5, 5.41) is 11.5. The Morgan fingerprint density at radius 3 is 2.56 bits per heavy atom. The molecular weight excluding hydrogens is 706 g/mol. The fourth-order valence-electron chi connectivity index (χ4n) is 8.65. The lowest BCUT2D eigenvalue weighted by Crippen LogP contribution is -2.52. The summed E-state index contributed by atoms with van der Waals surface area (Å²) < 4.78 is 1.96. The number of anilines is 3. The number of likely N-dealkylation sites (tertiary alicyclic amines) is 1. The summed E-state index contributed by atoms with van der Waals surface area (Å²) in [6, 6.07) is 5.24. The van der Waals surface area contributed by atoms with Crippen LogP contribution in [0.15, 0.2) is 36.8 Å². The first kappa shape index (κ1) is 36.4. The molecule has 7 heterocycles. The first-order chi connectivity index (χ1) is 26.6. The topological polar surface area (TPSA) is 221 Å². The highest BCUT2D eigenvalue weighted by Crippen LogP contribution is 2.32.